The minimum absolute atomic E-state index is 0.00947. The summed E-state index contributed by atoms with van der Waals surface area (Å²) in [6.07, 6.45) is 1.62. The Bertz CT molecular complexity index is 923. The van der Waals surface area contributed by atoms with Crippen LogP contribution in [-0.4, -0.2) is 30.1 Å². The normalized spacial score (nSPS) is 15.3. The summed E-state index contributed by atoms with van der Waals surface area (Å²) in [6, 6.07) is 11.9. The third-order valence-electron chi connectivity index (χ3n) is 4.08. The number of carbonyl (C=O) groups excluding carboxylic acids is 2. The molecule has 0 aromatic heterocycles. The zero-order valence-corrected chi connectivity index (χ0v) is 16.6. The lowest BCUT2D eigenvalue weighted by molar-refractivity contribution is -0.123. The van der Waals surface area contributed by atoms with Crippen LogP contribution in [0.4, 0.5) is 4.79 Å². The largest absolute Gasteiger partial charge is 0.493 e. The van der Waals surface area contributed by atoms with Crippen LogP contribution in [-0.2, 0) is 11.3 Å². The van der Waals surface area contributed by atoms with Crippen LogP contribution in [0.1, 0.15) is 25.0 Å². The van der Waals surface area contributed by atoms with Gasteiger partial charge in [-0.05, 0) is 55.3 Å². The predicted molar refractivity (Wildman–Crippen MR) is 107 cm³/mol. The highest BCUT2D eigenvalue weighted by molar-refractivity contribution is 6.30. The lowest BCUT2D eigenvalue weighted by atomic mass is 10.1. The van der Waals surface area contributed by atoms with Crippen molar-refractivity contribution in [1.82, 2.24) is 10.2 Å². The summed E-state index contributed by atoms with van der Waals surface area (Å²) in [7, 11) is 1.55. The van der Waals surface area contributed by atoms with Crippen LogP contribution in [0, 0.1) is 0 Å². The first-order valence-electron chi connectivity index (χ1n) is 8.81. The maximum absolute atomic E-state index is 12.7. The monoisotopic (exact) mass is 400 g/mol. The Morgan fingerprint density at radius 3 is 2.46 bits per heavy atom. The van der Waals surface area contributed by atoms with Crippen LogP contribution in [0.3, 0.4) is 0 Å². The average Bonchev–Trinajstić information content (AvgIpc) is 2.91. The van der Waals surface area contributed by atoms with E-state index in [4.69, 9.17) is 21.1 Å². The van der Waals surface area contributed by atoms with Gasteiger partial charge in [-0.1, -0.05) is 29.8 Å². The summed E-state index contributed by atoms with van der Waals surface area (Å²) in [5.41, 5.74) is 1.73. The molecule has 0 bridgehead atoms. The number of nitrogens with zero attached hydrogens (tertiary/aromatic N) is 1. The number of imide groups is 1. The van der Waals surface area contributed by atoms with Crippen molar-refractivity contribution >= 4 is 29.6 Å². The minimum atomic E-state index is -0.460. The maximum Gasteiger partial charge on any atom is 0.329 e. The molecule has 2 aromatic carbocycles. The molecule has 0 unspecified atom stereocenters. The van der Waals surface area contributed by atoms with Gasteiger partial charge < -0.3 is 14.8 Å². The van der Waals surface area contributed by atoms with Gasteiger partial charge in [-0.15, -0.1) is 0 Å². The number of rotatable bonds is 6. The minimum Gasteiger partial charge on any atom is -0.493 e. The van der Waals surface area contributed by atoms with Gasteiger partial charge in [0.1, 0.15) is 5.70 Å². The molecule has 0 aliphatic carbocycles. The molecule has 1 fully saturated rings. The third-order valence-corrected chi connectivity index (χ3v) is 4.33. The van der Waals surface area contributed by atoms with Crippen molar-refractivity contribution in [3.8, 4) is 11.5 Å². The quantitative estimate of drug-likeness (QED) is 0.582. The van der Waals surface area contributed by atoms with Crippen LogP contribution in [0.2, 0.25) is 5.02 Å². The molecule has 3 amide bonds. The van der Waals surface area contributed by atoms with Gasteiger partial charge in [-0.3, -0.25) is 9.69 Å². The van der Waals surface area contributed by atoms with E-state index in [-0.39, 0.29) is 24.3 Å². The number of hydrogen-bond acceptors (Lipinski definition) is 4. The van der Waals surface area contributed by atoms with Crippen molar-refractivity contribution < 1.29 is 19.1 Å². The zero-order chi connectivity index (χ0) is 20.3. The molecule has 2 aromatic rings. The smallest absolute Gasteiger partial charge is 0.329 e. The number of benzene rings is 2. The first-order chi connectivity index (χ1) is 13.4. The van der Waals surface area contributed by atoms with Gasteiger partial charge >= 0.3 is 6.03 Å². The topological polar surface area (TPSA) is 67.9 Å². The van der Waals surface area contributed by atoms with Crippen molar-refractivity contribution in [1.29, 1.82) is 0 Å². The van der Waals surface area contributed by atoms with Gasteiger partial charge in [0.15, 0.2) is 11.5 Å². The Hall–Kier alpha value is -2.99. The molecule has 0 atom stereocenters. The van der Waals surface area contributed by atoms with Crippen LogP contribution < -0.4 is 14.8 Å². The van der Waals surface area contributed by atoms with Gasteiger partial charge in [0.05, 0.1) is 19.8 Å². The Morgan fingerprint density at radius 1 is 1.11 bits per heavy atom. The maximum atomic E-state index is 12.7. The summed E-state index contributed by atoms with van der Waals surface area (Å²) in [6.45, 7) is 4.03. The molecule has 0 radical (unpaired) electrons. The summed E-state index contributed by atoms with van der Waals surface area (Å²) in [4.78, 5) is 26.0. The molecule has 146 valence electrons. The van der Waals surface area contributed by atoms with Gasteiger partial charge in [-0.2, -0.15) is 0 Å². The van der Waals surface area contributed by atoms with E-state index < -0.39 is 6.03 Å². The molecular formula is C21H21ClN2O4. The lowest BCUT2D eigenvalue weighted by Gasteiger charge is -2.14. The van der Waals surface area contributed by atoms with Gasteiger partial charge in [0, 0.05) is 5.02 Å². The molecule has 28 heavy (non-hydrogen) atoms. The van der Waals surface area contributed by atoms with E-state index in [9.17, 15) is 9.59 Å². The molecule has 1 N–H and O–H groups in total. The van der Waals surface area contributed by atoms with Gasteiger partial charge in [0.25, 0.3) is 5.91 Å². The average molecular weight is 401 g/mol. The van der Waals surface area contributed by atoms with E-state index in [2.05, 4.69) is 5.32 Å². The van der Waals surface area contributed by atoms with Crippen LogP contribution in [0.15, 0.2) is 48.2 Å². The highest BCUT2D eigenvalue weighted by Gasteiger charge is 2.33. The number of urea groups is 1. The molecular weight excluding hydrogens is 380 g/mol. The van der Waals surface area contributed by atoms with E-state index in [0.717, 1.165) is 10.5 Å². The number of halogens is 1. The van der Waals surface area contributed by atoms with Crippen LogP contribution in [0.5, 0.6) is 11.5 Å². The SMILES string of the molecule is COc1cc(/C=C2\NC(=O)N(Cc3ccc(Cl)cc3)C2=O)ccc1OC(C)C. The lowest BCUT2D eigenvalue weighted by Crippen LogP contribution is -2.30. The Labute approximate surface area is 168 Å². The molecule has 1 aliphatic rings. The van der Waals surface area contributed by atoms with Crippen LogP contribution >= 0.6 is 11.6 Å². The number of carbonyl (C=O) groups is 2. The fourth-order valence-corrected chi connectivity index (χ4v) is 2.91. The van der Waals surface area contributed by atoms with E-state index in [1.165, 1.54) is 0 Å². The van der Waals surface area contributed by atoms with Crippen molar-refractivity contribution in [2.24, 2.45) is 0 Å². The predicted octanol–water partition coefficient (Wildman–Crippen LogP) is 4.23. The molecule has 7 heteroatoms. The molecule has 1 saturated heterocycles. The summed E-state index contributed by atoms with van der Waals surface area (Å²) in [5, 5.41) is 3.22. The molecule has 0 spiro atoms. The summed E-state index contributed by atoms with van der Waals surface area (Å²) in [5.74, 6) is 0.782. The first kappa shape index (κ1) is 19.8. The van der Waals surface area contributed by atoms with Crippen molar-refractivity contribution in [3.05, 3.63) is 64.3 Å². The van der Waals surface area contributed by atoms with E-state index in [1.807, 2.05) is 13.8 Å². The molecule has 3 rings (SSSR count). The van der Waals surface area contributed by atoms with Crippen molar-refractivity contribution in [2.75, 3.05) is 7.11 Å². The van der Waals surface area contributed by atoms with Crippen LogP contribution in [0.25, 0.3) is 6.08 Å². The second-order valence-electron chi connectivity index (χ2n) is 6.58. The van der Waals surface area contributed by atoms with Gasteiger partial charge in [-0.25, -0.2) is 4.79 Å². The Kier molecular flexibility index (Phi) is 5.90. The Balaban J connectivity index is 1.80. The highest BCUT2D eigenvalue weighted by Crippen LogP contribution is 2.30. The number of amides is 3. The van der Waals surface area contributed by atoms with Crippen molar-refractivity contribution in [2.45, 2.75) is 26.5 Å². The van der Waals surface area contributed by atoms with Crippen molar-refractivity contribution in [3.63, 3.8) is 0 Å². The fraction of sp³-hybridized carbons (Fsp3) is 0.238. The second kappa shape index (κ2) is 8.35. The number of methoxy groups -OCH3 is 1. The fourth-order valence-electron chi connectivity index (χ4n) is 2.78. The number of hydrogen-bond donors (Lipinski definition) is 1. The Morgan fingerprint density at radius 2 is 1.82 bits per heavy atom. The zero-order valence-electron chi connectivity index (χ0n) is 15.9. The second-order valence-corrected chi connectivity index (χ2v) is 7.02. The molecule has 1 heterocycles. The summed E-state index contributed by atoms with van der Waals surface area (Å²) < 4.78 is 11.1. The highest BCUT2D eigenvalue weighted by atomic mass is 35.5. The number of nitrogens with one attached hydrogen (secondary N) is 1. The summed E-state index contributed by atoms with van der Waals surface area (Å²) >= 11 is 5.87. The van der Waals surface area contributed by atoms with Gasteiger partial charge in [0.2, 0.25) is 0 Å². The molecule has 6 nitrogen and oxygen atoms in total. The molecule has 0 saturated carbocycles. The first-order valence-corrected chi connectivity index (χ1v) is 9.19. The number of ether oxygens (including phenoxy) is 2. The third kappa shape index (κ3) is 4.46. The van der Waals surface area contributed by atoms with E-state index in [0.29, 0.717) is 22.1 Å². The van der Waals surface area contributed by atoms with E-state index >= 15 is 0 Å². The molecule has 1 aliphatic heterocycles. The van der Waals surface area contributed by atoms with E-state index in [1.54, 1.807) is 55.7 Å². The standard InChI is InChI=1S/C21H21ClN2O4/c1-13(2)28-18-9-6-15(11-19(18)27-3)10-17-20(25)24(21(26)23-17)12-14-4-7-16(22)8-5-14/h4-11,13H,12H2,1-3H3,(H,23,26)/b17-10-.